The van der Waals surface area contributed by atoms with Crippen molar-refractivity contribution < 1.29 is 27.8 Å². The Bertz CT molecular complexity index is 1050. The van der Waals surface area contributed by atoms with Crippen LogP contribution in [0, 0.1) is 5.92 Å². The van der Waals surface area contributed by atoms with Crippen LogP contribution in [0.15, 0.2) is 81.7 Å². The number of halogens is 5. The summed E-state index contributed by atoms with van der Waals surface area (Å²) in [6.45, 7) is 1.68. The molecule has 168 valence electrons. The van der Waals surface area contributed by atoms with Gasteiger partial charge in [-0.25, -0.2) is 4.79 Å². The number of hydrogen-bond acceptors (Lipinski definition) is 3. The molecule has 1 N–H and O–H groups in total. The second-order valence-electron chi connectivity index (χ2n) is 7.31. The Morgan fingerprint density at radius 2 is 1.31 bits per heavy atom. The maximum atomic E-state index is 12.9. The summed E-state index contributed by atoms with van der Waals surface area (Å²) >= 11 is 6.68. The number of ether oxygens (including phenoxy) is 1. The van der Waals surface area contributed by atoms with Crippen molar-refractivity contribution in [2.75, 3.05) is 0 Å². The third kappa shape index (κ3) is 5.99. The molecule has 0 aromatic heterocycles. The molecule has 0 heterocycles. The number of rotatable bonds is 6. The second kappa shape index (κ2) is 10.2. The number of hydrogen-bond donors (Lipinski definition) is 1. The van der Waals surface area contributed by atoms with Gasteiger partial charge in [-0.1, -0.05) is 63.0 Å². The Balaban J connectivity index is 1.88. The molecule has 3 rings (SSSR count). The van der Waals surface area contributed by atoms with Crippen molar-refractivity contribution in [3.63, 3.8) is 0 Å². The topological polar surface area (TPSA) is 46.5 Å². The van der Waals surface area contributed by atoms with Gasteiger partial charge in [0.05, 0.1) is 17.2 Å². The summed E-state index contributed by atoms with van der Waals surface area (Å²) in [5.74, 6) is -1.22. The molecule has 0 radical (unpaired) electrons. The molecule has 0 amide bonds. The average Bonchev–Trinajstić information content (AvgIpc) is 2.77. The van der Waals surface area contributed by atoms with E-state index in [1.54, 1.807) is 55.5 Å². The van der Waals surface area contributed by atoms with Gasteiger partial charge in [0.1, 0.15) is 6.10 Å². The summed E-state index contributed by atoms with van der Waals surface area (Å²) in [5.41, 5.74) is 0.489. The zero-order valence-corrected chi connectivity index (χ0v) is 20.0. The van der Waals surface area contributed by atoms with Crippen LogP contribution < -0.4 is 0 Å². The molecule has 0 unspecified atom stereocenters. The molecular weight excluding hydrogens is 553 g/mol. The Labute approximate surface area is 200 Å². The first-order chi connectivity index (χ1) is 15.1. The fraction of sp³-hybridized carbons (Fsp3) is 0.208. The van der Waals surface area contributed by atoms with Crippen molar-refractivity contribution in [1.82, 2.24) is 0 Å². The van der Waals surface area contributed by atoms with E-state index < -0.39 is 35.8 Å². The number of esters is 1. The highest BCUT2D eigenvalue weighted by Crippen LogP contribution is 2.37. The maximum absolute atomic E-state index is 12.9. The molecule has 8 heteroatoms. The SMILES string of the molecule is C[C@@H]([C@H](O)c1ccc(C(F)(F)F)cc1)[C@H](OC(=O)c1ccc(Br)cc1)c1ccc(Br)cc1. The van der Waals surface area contributed by atoms with Crippen LogP contribution >= 0.6 is 31.9 Å². The van der Waals surface area contributed by atoms with E-state index in [0.29, 0.717) is 16.7 Å². The predicted octanol–water partition coefficient (Wildman–Crippen LogP) is 7.50. The van der Waals surface area contributed by atoms with Crippen molar-refractivity contribution in [3.05, 3.63) is 104 Å². The zero-order chi connectivity index (χ0) is 23.5. The van der Waals surface area contributed by atoms with E-state index in [1.807, 2.05) is 0 Å². The zero-order valence-electron chi connectivity index (χ0n) is 16.8. The minimum absolute atomic E-state index is 0.298. The Morgan fingerprint density at radius 1 is 0.844 bits per heavy atom. The second-order valence-corrected chi connectivity index (χ2v) is 9.14. The lowest BCUT2D eigenvalue weighted by molar-refractivity contribution is -0.137. The fourth-order valence-electron chi connectivity index (χ4n) is 3.24. The Morgan fingerprint density at radius 3 is 1.81 bits per heavy atom. The van der Waals surface area contributed by atoms with Gasteiger partial charge in [0.15, 0.2) is 0 Å². The van der Waals surface area contributed by atoms with Crippen LogP contribution in [0.4, 0.5) is 13.2 Å². The van der Waals surface area contributed by atoms with Crippen molar-refractivity contribution >= 4 is 37.8 Å². The van der Waals surface area contributed by atoms with Crippen LogP contribution in [0.25, 0.3) is 0 Å². The maximum Gasteiger partial charge on any atom is 0.416 e. The Kier molecular flexibility index (Phi) is 7.79. The summed E-state index contributed by atoms with van der Waals surface area (Å²) in [6.07, 6.45) is -6.46. The summed E-state index contributed by atoms with van der Waals surface area (Å²) in [6, 6.07) is 18.1. The number of benzene rings is 3. The fourth-order valence-corrected chi connectivity index (χ4v) is 3.77. The third-order valence-electron chi connectivity index (χ3n) is 5.07. The summed E-state index contributed by atoms with van der Waals surface area (Å²) in [7, 11) is 0. The number of carbonyl (C=O) groups is 1. The first-order valence-corrected chi connectivity index (χ1v) is 11.2. The van der Waals surface area contributed by atoms with Gasteiger partial charge in [-0.3, -0.25) is 0 Å². The van der Waals surface area contributed by atoms with Gasteiger partial charge in [0, 0.05) is 14.9 Å². The predicted molar refractivity (Wildman–Crippen MR) is 122 cm³/mol. The number of alkyl halides is 3. The lowest BCUT2D eigenvalue weighted by atomic mass is 9.88. The van der Waals surface area contributed by atoms with Gasteiger partial charge in [-0.05, 0) is 59.7 Å². The van der Waals surface area contributed by atoms with Gasteiger partial charge in [-0.15, -0.1) is 0 Å². The summed E-state index contributed by atoms with van der Waals surface area (Å²) in [5, 5.41) is 10.9. The van der Waals surface area contributed by atoms with E-state index in [-0.39, 0.29) is 0 Å². The number of aliphatic hydroxyl groups is 1. The van der Waals surface area contributed by atoms with E-state index in [9.17, 15) is 23.1 Å². The van der Waals surface area contributed by atoms with Crippen molar-refractivity contribution in [2.24, 2.45) is 5.92 Å². The van der Waals surface area contributed by atoms with Crippen LogP contribution in [0.3, 0.4) is 0 Å². The molecule has 0 saturated heterocycles. The van der Waals surface area contributed by atoms with Crippen LogP contribution in [-0.2, 0) is 10.9 Å². The lowest BCUT2D eigenvalue weighted by Crippen LogP contribution is -2.23. The van der Waals surface area contributed by atoms with Crippen molar-refractivity contribution in [2.45, 2.75) is 25.3 Å². The highest BCUT2D eigenvalue weighted by molar-refractivity contribution is 9.10. The minimum Gasteiger partial charge on any atom is -0.453 e. The molecular formula is C24H19Br2F3O3. The molecule has 3 aromatic rings. The lowest BCUT2D eigenvalue weighted by Gasteiger charge is -2.29. The number of aliphatic hydroxyl groups excluding tert-OH is 1. The van der Waals surface area contributed by atoms with Crippen LogP contribution in [-0.4, -0.2) is 11.1 Å². The molecule has 0 aliphatic heterocycles. The average molecular weight is 572 g/mol. The molecule has 0 aliphatic rings. The van der Waals surface area contributed by atoms with Gasteiger partial charge in [-0.2, -0.15) is 13.2 Å². The third-order valence-corrected chi connectivity index (χ3v) is 6.12. The van der Waals surface area contributed by atoms with Crippen molar-refractivity contribution in [3.8, 4) is 0 Å². The van der Waals surface area contributed by atoms with Crippen LogP contribution in [0.5, 0.6) is 0 Å². The highest BCUT2D eigenvalue weighted by Gasteiger charge is 2.33. The molecule has 3 aromatic carbocycles. The summed E-state index contributed by atoms with van der Waals surface area (Å²) in [4.78, 5) is 12.8. The molecule has 0 spiro atoms. The molecule has 0 bridgehead atoms. The quantitative estimate of drug-likeness (QED) is 0.312. The molecule has 3 atom stereocenters. The first kappa shape index (κ1) is 24.5. The normalized spacial score (nSPS) is 14.5. The van der Waals surface area contributed by atoms with Gasteiger partial charge in [0.2, 0.25) is 0 Å². The van der Waals surface area contributed by atoms with E-state index >= 15 is 0 Å². The largest absolute Gasteiger partial charge is 0.453 e. The first-order valence-electron chi connectivity index (χ1n) is 9.63. The highest BCUT2D eigenvalue weighted by atomic mass is 79.9. The van der Waals surface area contributed by atoms with Crippen LogP contribution in [0.2, 0.25) is 0 Å². The molecule has 32 heavy (non-hydrogen) atoms. The van der Waals surface area contributed by atoms with E-state index in [2.05, 4.69) is 31.9 Å². The van der Waals surface area contributed by atoms with E-state index in [1.165, 1.54) is 12.1 Å². The van der Waals surface area contributed by atoms with E-state index in [4.69, 9.17) is 4.74 Å². The van der Waals surface area contributed by atoms with Gasteiger partial charge < -0.3 is 9.84 Å². The molecule has 3 nitrogen and oxygen atoms in total. The van der Waals surface area contributed by atoms with Gasteiger partial charge >= 0.3 is 12.1 Å². The molecule has 0 fully saturated rings. The van der Waals surface area contributed by atoms with E-state index in [0.717, 1.165) is 21.1 Å². The number of carbonyl (C=O) groups excluding carboxylic acids is 1. The minimum atomic E-state index is -4.46. The van der Waals surface area contributed by atoms with Gasteiger partial charge in [0.25, 0.3) is 0 Å². The summed E-state index contributed by atoms with van der Waals surface area (Å²) < 4.78 is 46.0. The molecule has 0 aliphatic carbocycles. The van der Waals surface area contributed by atoms with Crippen molar-refractivity contribution in [1.29, 1.82) is 0 Å². The Hall–Kier alpha value is -2.16. The monoisotopic (exact) mass is 570 g/mol. The standard InChI is InChI=1S/C24H19Br2F3O3/c1-14(21(30)15-2-8-18(9-3-15)24(27,28)29)22(16-4-10-19(25)11-5-16)32-23(31)17-6-12-20(26)13-7-17/h2-14,21-22,30H,1H3/t14-,21-,22-/m0/s1. The smallest absolute Gasteiger partial charge is 0.416 e. The van der Waals surface area contributed by atoms with Crippen LogP contribution in [0.1, 0.15) is 46.2 Å². The molecule has 0 saturated carbocycles.